The Bertz CT molecular complexity index is 275. The second-order valence-corrected chi connectivity index (χ2v) is 6.44. The number of nitrogens with one attached hydrogen (secondary N) is 2. The summed E-state index contributed by atoms with van der Waals surface area (Å²) in [6.07, 6.45) is 14.9. The fourth-order valence-corrected chi connectivity index (χ4v) is 2.87. The van der Waals surface area contributed by atoms with Crippen LogP contribution in [0.15, 0.2) is 0 Å². The van der Waals surface area contributed by atoms with Gasteiger partial charge in [0.2, 0.25) is 11.8 Å². The average molecular weight is 310 g/mol. The maximum atomic E-state index is 11.6. The first kappa shape index (κ1) is 19.0. The highest BCUT2D eigenvalue weighted by Gasteiger charge is 2.03. The molecule has 1 aliphatic rings. The Balaban J connectivity index is 2.17. The fraction of sp³-hybridized carbons (Fsp3) is 0.889. The number of carbonyl (C=O) groups is 2. The van der Waals surface area contributed by atoms with Crippen molar-refractivity contribution in [3.8, 4) is 0 Å². The minimum absolute atomic E-state index is 0.214. The van der Waals surface area contributed by atoms with Crippen molar-refractivity contribution in [1.29, 1.82) is 0 Å². The van der Waals surface area contributed by atoms with Gasteiger partial charge < -0.3 is 10.6 Å². The Morgan fingerprint density at radius 3 is 1.18 bits per heavy atom. The van der Waals surface area contributed by atoms with Gasteiger partial charge in [-0.1, -0.05) is 51.4 Å². The van der Waals surface area contributed by atoms with Crippen molar-refractivity contribution in [3.05, 3.63) is 0 Å². The van der Waals surface area contributed by atoms with Gasteiger partial charge in [-0.15, -0.1) is 0 Å². The Morgan fingerprint density at radius 1 is 0.455 bits per heavy atom. The summed E-state index contributed by atoms with van der Waals surface area (Å²) in [5.41, 5.74) is 0. The van der Waals surface area contributed by atoms with Crippen molar-refractivity contribution in [1.82, 2.24) is 10.6 Å². The molecule has 2 N–H and O–H groups in total. The Morgan fingerprint density at radius 2 is 0.773 bits per heavy atom. The molecule has 0 saturated carbocycles. The van der Waals surface area contributed by atoms with Gasteiger partial charge in [0.25, 0.3) is 0 Å². The molecule has 1 saturated heterocycles. The smallest absolute Gasteiger partial charge is 0.219 e. The molecule has 0 aromatic heterocycles. The highest BCUT2D eigenvalue weighted by Crippen LogP contribution is 2.09. The molecule has 1 aliphatic heterocycles. The van der Waals surface area contributed by atoms with Crippen LogP contribution in [0.2, 0.25) is 0 Å². The standard InChI is InChI=1S/C18H34N2O2/c21-17-13-9-5-1-2-6-10-14-18(22)20-16-12-8-4-3-7-11-15-19-17/h1-16H2,(H,19,21)(H,20,22). The van der Waals surface area contributed by atoms with E-state index in [2.05, 4.69) is 10.6 Å². The summed E-state index contributed by atoms with van der Waals surface area (Å²) in [6.45, 7) is 1.66. The first-order chi connectivity index (χ1) is 10.8. The van der Waals surface area contributed by atoms with Crippen molar-refractivity contribution >= 4 is 11.8 Å². The molecule has 1 rings (SSSR count). The molecule has 1 fully saturated rings. The zero-order valence-electron chi connectivity index (χ0n) is 14.1. The molecule has 0 unspecified atom stereocenters. The first-order valence-electron chi connectivity index (χ1n) is 9.32. The third-order valence-electron chi connectivity index (χ3n) is 4.31. The predicted molar refractivity (Wildman–Crippen MR) is 90.7 cm³/mol. The lowest BCUT2D eigenvalue weighted by molar-refractivity contribution is -0.122. The summed E-state index contributed by atoms with van der Waals surface area (Å²) in [6, 6.07) is 0. The van der Waals surface area contributed by atoms with E-state index < -0.39 is 0 Å². The van der Waals surface area contributed by atoms with Crippen LogP contribution >= 0.6 is 0 Å². The van der Waals surface area contributed by atoms with Crippen molar-refractivity contribution in [2.24, 2.45) is 0 Å². The number of amides is 2. The van der Waals surface area contributed by atoms with Crippen LogP contribution in [0.5, 0.6) is 0 Å². The number of rotatable bonds is 0. The highest BCUT2D eigenvalue weighted by atomic mass is 16.2. The molecule has 4 heteroatoms. The highest BCUT2D eigenvalue weighted by molar-refractivity contribution is 5.76. The van der Waals surface area contributed by atoms with Crippen LogP contribution < -0.4 is 10.6 Å². The lowest BCUT2D eigenvalue weighted by atomic mass is 10.1. The molecule has 0 aromatic rings. The lowest BCUT2D eigenvalue weighted by Crippen LogP contribution is -2.24. The van der Waals surface area contributed by atoms with Crippen molar-refractivity contribution in [3.63, 3.8) is 0 Å². The maximum absolute atomic E-state index is 11.6. The van der Waals surface area contributed by atoms with Gasteiger partial charge in [0.05, 0.1) is 0 Å². The van der Waals surface area contributed by atoms with Crippen LogP contribution in [0.4, 0.5) is 0 Å². The average Bonchev–Trinajstić information content (AvgIpc) is 2.50. The summed E-state index contributed by atoms with van der Waals surface area (Å²) < 4.78 is 0. The molecular formula is C18H34N2O2. The van der Waals surface area contributed by atoms with Crippen LogP contribution in [0.1, 0.15) is 89.9 Å². The van der Waals surface area contributed by atoms with Crippen LogP contribution in [0.25, 0.3) is 0 Å². The fourth-order valence-electron chi connectivity index (χ4n) is 2.87. The van der Waals surface area contributed by atoms with Gasteiger partial charge in [-0.25, -0.2) is 0 Å². The lowest BCUT2D eigenvalue weighted by Gasteiger charge is -2.07. The van der Waals surface area contributed by atoms with E-state index in [-0.39, 0.29) is 11.8 Å². The minimum Gasteiger partial charge on any atom is -0.356 e. The minimum atomic E-state index is 0.214. The predicted octanol–water partition coefficient (Wildman–Crippen LogP) is 3.69. The van der Waals surface area contributed by atoms with Gasteiger partial charge in [-0.05, 0) is 25.7 Å². The van der Waals surface area contributed by atoms with Crippen molar-refractivity contribution in [2.75, 3.05) is 13.1 Å². The second-order valence-electron chi connectivity index (χ2n) is 6.44. The van der Waals surface area contributed by atoms with Gasteiger partial charge >= 0.3 is 0 Å². The topological polar surface area (TPSA) is 58.2 Å². The van der Waals surface area contributed by atoms with E-state index in [0.29, 0.717) is 12.8 Å². The van der Waals surface area contributed by atoms with E-state index in [1.54, 1.807) is 0 Å². The molecule has 128 valence electrons. The van der Waals surface area contributed by atoms with Gasteiger partial charge in [0.15, 0.2) is 0 Å². The summed E-state index contributed by atoms with van der Waals surface area (Å²) in [5.74, 6) is 0.428. The monoisotopic (exact) mass is 310 g/mol. The number of hydrogen-bond acceptors (Lipinski definition) is 2. The van der Waals surface area contributed by atoms with E-state index in [1.807, 2.05) is 0 Å². The Kier molecular flexibility index (Phi) is 11.7. The number of hydrogen-bond donors (Lipinski definition) is 2. The summed E-state index contributed by atoms with van der Waals surface area (Å²) in [7, 11) is 0. The maximum Gasteiger partial charge on any atom is 0.219 e. The summed E-state index contributed by atoms with van der Waals surface area (Å²) >= 11 is 0. The van der Waals surface area contributed by atoms with Gasteiger partial charge in [-0.2, -0.15) is 0 Å². The Hall–Kier alpha value is -1.06. The van der Waals surface area contributed by atoms with E-state index in [1.165, 1.54) is 38.5 Å². The first-order valence-corrected chi connectivity index (χ1v) is 9.32. The number of carbonyl (C=O) groups excluding carboxylic acids is 2. The molecule has 0 aromatic carbocycles. The zero-order chi connectivity index (χ0) is 15.9. The van der Waals surface area contributed by atoms with Crippen LogP contribution in [-0.2, 0) is 9.59 Å². The molecule has 0 bridgehead atoms. The van der Waals surface area contributed by atoms with Crippen molar-refractivity contribution < 1.29 is 9.59 Å². The SMILES string of the molecule is O=C1CCCCCCCCC(=O)NCCCCCCCCN1. The largest absolute Gasteiger partial charge is 0.356 e. The third kappa shape index (κ3) is 11.6. The van der Waals surface area contributed by atoms with Crippen LogP contribution in [-0.4, -0.2) is 24.9 Å². The van der Waals surface area contributed by atoms with Gasteiger partial charge in [0.1, 0.15) is 0 Å². The molecule has 2 amide bonds. The Labute approximate surface area is 135 Å². The van der Waals surface area contributed by atoms with Gasteiger partial charge in [-0.3, -0.25) is 9.59 Å². The third-order valence-corrected chi connectivity index (χ3v) is 4.31. The normalized spacial score (nSPS) is 22.4. The van der Waals surface area contributed by atoms with E-state index in [0.717, 1.165) is 51.6 Å². The van der Waals surface area contributed by atoms with Crippen molar-refractivity contribution in [2.45, 2.75) is 89.9 Å². The molecule has 0 spiro atoms. The summed E-state index contributed by atoms with van der Waals surface area (Å²) in [5, 5.41) is 6.05. The zero-order valence-corrected chi connectivity index (χ0v) is 14.1. The molecular weight excluding hydrogens is 276 g/mol. The molecule has 22 heavy (non-hydrogen) atoms. The molecule has 4 nitrogen and oxygen atoms in total. The van der Waals surface area contributed by atoms with E-state index in [4.69, 9.17) is 0 Å². The van der Waals surface area contributed by atoms with Crippen LogP contribution in [0.3, 0.4) is 0 Å². The van der Waals surface area contributed by atoms with E-state index >= 15 is 0 Å². The summed E-state index contributed by atoms with van der Waals surface area (Å²) in [4.78, 5) is 23.3. The molecule has 1 heterocycles. The molecule has 0 aliphatic carbocycles. The molecule has 0 radical (unpaired) electrons. The van der Waals surface area contributed by atoms with Gasteiger partial charge in [0, 0.05) is 25.9 Å². The molecule has 0 atom stereocenters. The quantitative estimate of drug-likeness (QED) is 0.717. The van der Waals surface area contributed by atoms with E-state index in [9.17, 15) is 9.59 Å². The van der Waals surface area contributed by atoms with Crippen LogP contribution in [0, 0.1) is 0 Å². The second kappa shape index (κ2) is 13.6.